The van der Waals surface area contributed by atoms with E-state index < -0.39 is 41.5 Å². The van der Waals surface area contributed by atoms with Gasteiger partial charge in [0.25, 0.3) is 10.1 Å². The van der Waals surface area contributed by atoms with E-state index in [2.05, 4.69) is 13.8 Å². The van der Waals surface area contributed by atoms with Gasteiger partial charge in [-0.15, -0.1) is 0 Å². The summed E-state index contributed by atoms with van der Waals surface area (Å²) in [5.74, 6) is 0.425. The van der Waals surface area contributed by atoms with E-state index in [4.69, 9.17) is 9.47 Å². The molecule has 55 heavy (non-hydrogen) atoms. The maximum absolute atomic E-state index is 12.1. The van der Waals surface area contributed by atoms with Gasteiger partial charge >= 0.3 is 37.7 Å². The Kier molecular flexibility index (Phi) is 22.3. The molecular weight excluding hydrogens is 769 g/mol. The number of rotatable bonds is 22. The SMILES string of the molecule is CCCCCCCCCc1c(Oc2ccccc2)ccc(O)c1S(=O)(=O)O.CCCCCCCCCc1c(Oc2ccccc2)ccc([O-])c1S(=O)(=O)[O-].[Ca+2]. The largest absolute Gasteiger partial charge is 2.00 e. The van der Waals surface area contributed by atoms with Crippen LogP contribution in [-0.4, -0.2) is 68.8 Å². The Hall–Kier alpha value is -2.84. The van der Waals surface area contributed by atoms with E-state index in [0.29, 0.717) is 42.1 Å². The average molecular weight is 823 g/mol. The van der Waals surface area contributed by atoms with E-state index in [0.717, 1.165) is 51.0 Å². The Morgan fingerprint density at radius 1 is 0.545 bits per heavy atom. The monoisotopic (exact) mass is 822 g/mol. The first kappa shape index (κ1) is 48.3. The van der Waals surface area contributed by atoms with Gasteiger partial charge in [0.15, 0.2) is 0 Å². The Labute approximate surface area is 357 Å². The van der Waals surface area contributed by atoms with Gasteiger partial charge < -0.3 is 24.2 Å². The zero-order valence-corrected chi connectivity index (χ0v) is 35.9. The first-order chi connectivity index (χ1) is 25.9. The molecule has 4 aromatic rings. The fourth-order valence-corrected chi connectivity index (χ4v) is 7.83. The molecule has 0 amide bonds. The molecule has 13 heteroatoms. The third kappa shape index (κ3) is 17.0. The number of ether oxygens (including phenoxy) is 2. The van der Waals surface area contributed by atoms with Crippen molar-refractivity contribution in [2.75, 3.05) is 0 Å². The van der Waals surface area contributed by atoms with Gasteiger partial charge in [-0.25, -0.2) is 8.42 Å². The molecule has 0 aromatic heterocycles. The molecule has 2 N–H and O–H groups in total. The molecule has 0 heterocycles. The predicted octanol–water partition coefficient (Wildman–Crippen LogP) is 10.1. The van der Waals surface area contributed by atoms with Crippen LogP contribution in [0.25, 0.3) is 0 Å². The van der Waals surface area contributed by atoms with Gasteiger partial charge in [0.05, 0.1) is 4.90 Å². The van der Waals surface area contributed by atoms with Gasteiger partial charge in [-0.1, -0.05) is 139 Å². The van der Waals surface area contributed by atoms with Crippen molar-refractivity contribution in [3.63, 3.8) is 0 Å². The Bertz CT molecular complexity index is 1780. The summed E-state index contributed by atoms with van der Waals surface area (Å²) in [5, 5.41) is 22.1. The van der Waals surface area contributed by atoms with Gasteiger partial charge in [0.1, 0.15) is 43.8 Å². The van der Waals surface area contributed by atoms with E-state index in [9.17, 15) is 36.2 Å². The van der Waals surface area contributed by atoms with Crippen LogP contribution in [0.2, 0.25) is 0 Å². The number of unbranched alkanes of at least 4 members (excludes halogenated alkanes) is 12. The number of phenols is 1. The van der Waals surface area contributed by atoms with Crippen molar-refractivity contribution in [1.82, 2.24) is 0 Å². The molecule has 0 bridgehead atoms. The van der Waals surface area contributed by atoms with Crippen LogP contribution in [0, 0.1) is 0 Å². The normalized spacial score (nSPS) is 11.3. The van der Waals surface area contributed by atoms with E-state index in [1.54, 1.807) is 36.4 Å². The van der Waals surface area contributed by atoms with Crippen molar-refractivity contribution < 1.29 is 45.6 Å². The van der Waals surface area contributed by atoms with E-state index in [1.807, 2.05) is 24.3 Å². The number of hydrogen-bond acceptors (Lipinski definition) is 9. The molecule has 0 saturated carbocycles. The first-order valence-electron chi connectivity index (χ1n) is 18.9. The van der Waals surface area contributed by atoms with Crippen LogP contribution in [0.4, 0.5) is 0 Å². The third-order valence-corrected chi connectivity index (χ3v) is 10.8. The van der Waals surface area contributed by atoms with Crippen molar-refractivity contribution in [3.05, 3.63) is 96.1 Å². The molecule has 4 rings (SSSR count). The minimum atomic E-state index is -4.88. The van der Waals surface area contributed by atoms with Crippen molar-refractivity contribution in [1.29, 1.82) is 0 Å². The topological polar surface area (TPSA) is 173 Å². The van der Waals surface area contributed by atoms with Gasteiger partial charge in [0, 0.05) is 11.1 Å². The molecule has 4 aromatic carbocycles. The molecule has 0 saturated heterocycles. The number of para-hydroxylation sites is 2. The first-order valence-corrected chi connectivity index (χ1v) is 21.8. The third-order valence-electron chi connectivity index (χ3n) is 8.89. The second-order valence-electron chi connectivity index (χ2n) is 13.3. The summed E-state index contributed by atoms with van der Waals surface area (Å²) < 4.78 is 79.9. The molecule has 0 aliphatic carbocycles. The second-order valence-corrected chi connectivity index (χ2v) is 15.9. The van der Waals surface area contributed by atoms with Gasteiger partial charge in [0.2, 0.25) is 0 Å². The predicted molar refractivity (Wildman–Crippen MR) is 214 cm³/mol. The molecule has 0 aliphatic heterocycles. The summed E-state index contributed by atoms with van der Waals surface area (Å²) in [5.41, 5.74) is 0.504. The molecule has 10 nitrogen and oxygen atoms in total. The standard InChI is InChI=1S/2C21H28O5S.Ca/c2*1-2-3-4-5-6-7-11-14-18-20(26-17-12-9-8-10-13-17)16-15-19(22)21(18)27(23,24)25;/h2*8-10,12-13,15-16,22H,2-7,11,14H2,1H3,(H,23,24,25);/q;;+2/p-2. The van der Waals surface area contributed by atoms with Gasteiger partial charge in [-0.3, -0.25) is 4.55 Å². The van der Waals surface area contributed by atoms with Crippen LogP contribution in [0.3, 0.4) is 0 Å². The summed E-state index contributed by atoms with van der Waals surface area (Å²) in [6.07, 6.45) is 15.7. The van der Waals surface area contributed by atoms with Crippen LogP contribution in [0.15, 0.2) is 94.7 Å². The van der Waals surface area contributed by atoms with Crippen molar-refractivity contribution in [3.8, 4) is 34.5 Å². The Morgan fingerprint density at radius 2 is 0.927 bits per heavy atom. The summed E-state index contributed by atoms with van der Waals surface area (Å²) >= 11 is 0. The van der Waals surface area contributed by atoms with E-state index in [1.165, 1.54) is 56.7 Å². The quantitative estimate of drug-likeness (QED) is 0.0441. The molecule has 0 atom stereocenters. The van der Waals surface area contributed by atoms with Crippen molar-refractivity contribution >= 4 is 58.0 Å². The fourth-order valence-electron chi connectivity index (χ4n) is 6.16. The molecule has 296 valence electrons. The zero-order valence-electron chi connectivity index (χ0n) is 32.1. The van der Waals surface area contributed by atoms with Crippen LogP contribution >= 0.6 is 0 Å². The number of phenolic OH excluding ortho intramolecular Hbond substituents is 1. The smallest absolute Gasteiger partial charge is 0.872 e. The molecule has 0 radical (unpaired) electrons. The van der Waals surface area contributed by atoms with Crippen LogP contribution in [-0.2, 0) is 33.1 Å². The van der Waals surface area contributed by atoms with Crippen LogP contribution in [0.5, 0.6) is 34.5 Å². The summed E-state index contributed by atoms with van der Waals surface area (Å²) in [7, 11) is -9.44. The van der Waals surface area contributed by atoms with Gasteiger partial charge in [-0.2, -0.15) is 8.42 Å². The molecule has 0 fully saturated rings. The van der Waals surface area contributed by atoms with Crippen LogP contribution < -0.4 is 14.6 Å². The number of benzene rings is 4. The van der Waals surface area contributed by atoms with Gasteiger partial charge in [-0.05, 0) is 68.1 Å². The van der Waals surface area contributed by atoms with E-state index in [-0.39, 0.29) is 49.1 Å². The van der Waals surface area contributed by atoms with Crippen LogP contribution in [0.1, 0.15) is 115 Å². The number of hydrogen-bond donors (Lipinski definition) is 2. The maximum Gasteiger partial charge on any atom is 2.00 e. The molecule has 0 spiro atoms. The van der Waals surface area contributed by atoms with E-state index >= 15 is 0 Å². The Balaban J connectivity index is 0.000000373. The maximum atomic E-state index is 12.1. The molecular formula is C42H54CaO10S2. The van der Waals surface area contributed by atoms with Crippen molar-refractivity contribution in [2.45, 2.75) is 126 Å². The summed E-state index contributed by atoms with van der Waals surface area (Å²) in [4.78, 5) is -1.14. The second kappa shape index (κ2) is 25.4. The number of aromatic hydroxyl groups is 1. The van der Waals surface area contributed by atoms with Crippen molar-refractivity contribution in [2.24, 2.45) is 0 Å². The molecule has 0 aliphatic rings. The molecule has 0 unspecified atom stereocenters. The summed E-state index contributed by atoms with van der Waals surface area (Å²) in [6.45, 7) is 4.34. The minimum Gasteiger partial charge on any atom is -0.872 e. The fraction of sp³-hybridized carbons (Fsp3) is 0.429. The zero-order chi connectivity index (χ0) is 39.4. The average Bonchev–Trinajstić information content (AvgIpc) is 3.13. The Morgan fingerprint density at radius 3 is 1.33 bits per heavy atom. The minimum absolute atomic E-state index is 0. The summed E-state index contributed by atoms with van der Waals surface area (Å²) in [6, 6.07) is 23.2.